The number of carbonyl (C=O) groups is 1. The lowest BCUT2D eigenvalue weighted by Crippen LogP contribution is -2.50. The van der Waals surface area contributed by atoms with Crippen LogP contribution in [0.25, 0.3) is 0 Å². The largest absolute Gasteiger partial charge is 0.433 e. The van der Waals surface area contributed by atoms with Gasteiger partial charge in [0.2, 0.25) is 5.91 Å². The summed E-state index contributed by atoms with van der Waals surface area (Å²) in [6.45, 7) is 2.96. The van der Waals surface area contributed by atoms with E-state index in [4.69, 9.17) is 4.74 Å². The SMILES string of the molecule is O=C1COC(CN2CCC(Nc3cc(C(F)(F)F)ncn3)CC2)CN1. The average Bonchev–Trinajstić information content (AvgIpc) is 2.58. The predicted octanol–water partition coefficient (Wildman–Crippen LogP) is 0.887. The van der Waals surface area contributed by atoms with Gasteiger partial charge in [0.05, 0.1) is 6.10 Å². The third-order valence-corrected chi connectivity index (χ3v) is 4.34. The van der Waals surface area contributed by atoms with E-state index in [0.717, 1.165) is 44.9 Å². The van der Waals surface area contributed by atoms with Crippen molar-refractivity contribution in [3.63, 3.8) is 0 Å². The molecule has 25 heavy (non-hydrogen) atoms. The van der Waals surface area contributed by atoms with Crippen LogP contribution >= 0.6 is 0 Å². The average molecular weight is 359 g/mol. The summed E-state index contributed by atoms with van der Waals surface area (Å²) in [4.78, 5) is 20.4. The number of anilines is 1. The summed E-state index contributed by atoms with van der Waals surface area (Å²) in [6.07, 6.45) is -1.97. The molecular formula is C15H20F3N5O2. The minimum Gasteiger partial charge on any atom is -0.367 e. The number of amides is 1. The fourth-order valence-corrected chi connectivity index (χ4v) is 3.00. The normalized spacial score (nSPS) is 23.3. The maximum absolute atomic E-state index is 12.7. The third-order valence-electron chi connectivity index (χ3n) is 4.34. The molecule has 3 rings (SSSR count). The Labute approximate surface area is 143 Å². The van der Waals surface area contributed by atoms with E-state index >= 15 is 0 Å². The maximum Gasteiger partial charge on any atom is 0.433 e. The number of piperidine rings is 1. The number of nitrogens with zero attached hydrogens (tertiary/aromatic N) is 3. The van der Waals surface area contributed by atoms with Crippen molar-refractivity contribution in [1.82, 2.24) is 20.2 Å². The molecule has 1 amide bonds. The number of carbonyl (C=O) groups excluding carboxylic acids is 1. The summed E-state index contributed by atoms with van der Waals surface area (Å²) in [7, 11) is 0. The molecule has 0 aromatic carbocycles. The highest BCUT2D eigenvalue weighted by molar-refractivity contribution is 5.77. The fraction of sp³-hybridized carbons (Fsp3) is 0.667. The minimum absolute atomic E-state index is 0.0154. The van der Waals surface area contributed by atoms with Gasteiger partial charge in [0, 0.05) is 38.3 Å². The number of hydrogen-bond donors (Lipinski definition) is 2. The van der Waals surface area contributed by atoms with Crippen LogP contribution in [0.3, 0.4) is 0 Å². The molecule has 7 nitrogen and oxygen atoms in total. The zero-order valence-corrected chi connectivity index (χ0v) is 13.6. The van der Waals surface area contributed by atoms with Crippen LogP contribution in [0, 0.1) is 0 Å². The second kappa shape index (κ2) is 7.52. The van der Waals surface area contributed by atoms with Crippen molar-refractivity contribution < 1.29 is 22.7 Å². The Hall–Kier alpha value is -1.94. The van der Waals surface area contributed by atoms with Crippen molar-refractivity contribution in [2.24, 2.45) is 0 Å². The van der Waals surface area contributed by atoms with E-state index in [9.17, 15) is 18.0 Å². The third kappa shape index (κ3) is 5.02. The van der Waals surface area contributed by atoms with E-state index in [0.29, 0.717) is 6.54 Å². The summed E-state index contributed by atoms with van der Waals surface area (Å²) < 4.78 is 43.5. The molecule has 2 aliphatic heterocycles. The van der Waals surface area contributed by atoms with Gasteiger partial charge in [-0.1, -0.05) is 0 Å². The number of rotatable bonds is 4. The number of alkyl halides is 3. The quantitative estimate of drug-likeness (QED) is 0.831. The molecule has 0 spiro atoms. The number of nitrogens with one attached hydrogen (secondary N) is 2. The van der Waals surface area contributed by atoms with Crippen LogP contribution in [0.4, 0.5) is 19.0 Å². The number of halogens is 3. The second-order valence-corrected chi connectivity index (χ2v) is 6.24. The van der Waals surface area contributed by atoms with Crippen molar-refractivity contribution in [2.45, 2.75) is 31.2 Å². The molecule has 138 valence electrons. The Morgan fingerprint density at radius 3 is 2.72 bits per heavy atom. The van der Waals surface area contributed by atoms with Crippen LogP contribution in [-0.4, -0.2) is 65.7 Å². The van der Waals surface area contributed by atoms with Crippen molar-refractivity contribution >= 4 is 11.7 Å². The molecule has 2 saturated heterocycles. The second-order valence-electron chi connectivity index (χ2n) is 6.24. The van der Waals surface area contributed by atoms with Crippen LogP contribution < -0.4 is 10.6 Å². The van der Waals surface area contributed by atoms with Crippen molar-refractivity contribution in [3.8, 4) is 0 Å². The van der Waals surface area contributed by atoms with Gasteiger partial charge in [0.1, 0.15) is 24.4 Å². The summed E-state index contributed by atoms with van der Waals surface area (Å²) in [5.74, 6) is 0.0985. The van der Waals surface area contributed by atoms with Gasteiger partial charge in [0.15, 0.2) is 0 Å². The first-order valence-electron chi connectivity index (χ1n) is 8.16. The highest BCUT2D eigenvalue weighted by Crippen LogP contribution is 2.28. The molecule has 0 aliphatic carbocycles. The van der Waals surface area contributed by atoms with Gasteiger partial charge in [-0.15, -0.1) is 0 Å². The van der Waals surface area contributed by atoms with Crippen LogP contribution in [0.1, 0.15) is 18.5 Å². The van der Waals surface area contributed by atoms with Crippen LogP contribution in [0.5, 0.6) is 0 Å². The first-order valence-corrected chi connectivity index (χ1v) is 8.16. The molecular weight excluding hydrogens is 339 g/mol. The number of ether oxygens (including phenoxy) is 1. The van der Waals surface area contributed by atoms with E-state index in [1.165, 1.54) is 0 Å². The summed E-state index contributed by atoms with van der Waals surface area (Å²) in [5.41, 5.74) is -0.945. The molecule has 3 heterocycles. The molecule has 1 unspecified atom stereocenters. The van der Waals surface area contributed by atoms with Gasteiger partial charge < -0.3 is 20.3 Å². The first-order chi connectivity index (χ1) is 11.9. The molecule has 1 aromatic rings. The van der Waals surface area contributed by atoms with Crippen molar-refractivity contribution in [1.29, 1.82) is 0 Å². The number of likely N-dealkylation sites (tertiary alicyclic amines) is 1. The zero-order chi connectivity index (χ0) is 17.9. The Bertz CT molecular complexity index is 595. The highest BCUT2D eigenvalue weighted by Gasteiger charge is 2.33. The lowest BCUT2D eigenvalue weighted by Gasteiger charge is -2.35. The smallest absolute Gasteiger partial charge is 0.367 e. The van der Waals surface area contributed by atoms with Gasteiger partial charge in [-0.05, 0) is 12.8 Å². The number of morpholine rings is 1. The summed E-state index contributed by atoms with van der Waals surface area (Å²) in [6, 6.07) is 1.00. The molecule has 0 saturated carbocycles. The van der Waals surface area contributed by atoms with Crippen LogP contribution in [0.2, 0.25) is 0 Å². The van der Waals surface area contributed by atoms with Crippen molar-refractivity contribution in [3.05, 3.63) is 18.1 Å². The number of hydrogen-bond acceptors (Lipinski definition) is 6. The van der Waals surface area contributed by atoms with E-state index in [1.807, 2.05) is 0 Å². The molecule has 1 atom stereocenters. The van der Waals surface area contributed by atoms with Crippen molar-refractivity contribution in [2.75, 3.05) is 38.1 Å². The van der Waals surface area contributed by atoms with Crippen LogP contribution in [0.15, 0.2) is 12.4 Å². The Kier molecular flexibility index (Phi) is 5.38. The fourth-order valence-electron chi connectivity index (χ4n) is 3.00. The van der Waals surface area contributed by atoms with Gasteiger partial charge in [-0.3, -0.25) is 4.79 Å². The lowest BCUT2D eigenvalue weighted by atomic mass is 10.0. The molecule has 0 radical (unpaired) electrons. The van der Waals surface area contributed by atoms with Gasteiger partial charge in [-0.2, -0.15) is 13.2 Å². The predicted molar refractivity (Wildman–Crippen MR) is 82.9 cm³/mol. The topological polar surface area (TPSA) is 79.4 Å². The molecule has 2 N–H and O–H groups in total. The maximum atomic E-state index is 12.7. The highest BCUT2D eigenvalue weighted by atomic mass is 19.4. The number of aromatic nitrogens is 2. The zero-order valence-electron chi connectivity index (χ0n) is 13.6. The van der Waals surface area contributed by atoms with E-state index in [1.54, 1.807) is 0 Å². The minimum atomic E-state index is -4.47. The molecule has 1 aromatic heterocycles. The molecule has 2 aliphatic rings. The Morgan fingerprint density at radius 1 is 1.32 bits per heavy atom. The standard InChI is InChI=1S/C15H20F3N5O2/c16-15(17,18)12-5-13(21-9-20-12)22-10-1-3-23(4-2-10)7-11-6-19-14(24)8-25-11/h5,9-11H,1-4,6-8H2,(H,19,24)(H,20,21,22). The first kappa shape index (κ1) is 17.9. The molecule has 10 heteroatoms. The lowest BCUT2D eigenvalue weighted by molar-refractivity contribution is -0.141. The van der Waals surface area contributed by atoms with E-state index in [2.05, 4.69) is 25.5 Å². The Morgan fingerprint density at radius 2 is 2.08 bits per heavy atom. The van der Waals surface area contributed by atoms with Crippen LogP contribution in [-0.2, 0) is 15.7 Å². The van der Waals surface area contributed by atoms with Gasteiger partial charge in [-0.25, -0.2) is 9.97 Å². The molecule has 0 bridgehead atoms. The monoisotopic (exact) mass is 359 g/mol. The molecule has 2 fully saturated rings. The summed E-state index contributed by atoms with van der Waals surface area (Å²) >= 11 is 0. The van der Waals surface area contributed by atoms with Gasteiger partial charge in [0.25, 0.3) is 0 Å². The summed E-state index contributed by atoms with van der Waals surface area (Å²) in [5, 5.41) is 5.83. The van der Waals surface area contributed by atoms with E-state index in [-0.39, 0.29) is 30.5 Å². The Balaban J connectivity index is 1.46. The van der Waals surface area contributed by atoms with E-state index < -0.39 is 11.9 Å². The van der Waals surface area contributed by atoms with Gasteiger partial charge >= 0.3 is 6.18 Å².